The van der Waals surface area contributed by atoms with Crippen molar-refractivity contribution in [3.63, 3.8) is 0 Å². The molecule has 0 aliphatic carbocycles. The smallest absolute Gasteiger partial charge is 0.0623 e. The van der Waals surface area contributed by atoms with Crippen molar-refractivity contribution in [3.05, 3.63) is 0 Å². The number of hydrogen-bond acceptors (Lipinski definition) is 4. The number of morpholine rings is 1. The highest BCUT2D eigenvalue weighted by Crippen LogP contribution is 2.19. The quantitative estimate of drug-likeness (QED) is 0.772. The fourth-order valence-electron chi connectivity index (χ4n) is 2.94. The van der Waals surface area contributed by atoms with Crippen molar-refractivity contribution in [1.82, 2.24) is 10.2 Å². The first-order valence-corrected chi connectivity index (χ1v) is 7.48. The fourth-order valence-corrected chi connectivity index (χ4v) is 2.94. The van der Waals surface area contributed by atoms with Crippen LogP contribution < -0.4 is 5.32 Å². The molecule has 2 saturated heterocycles. The molecule has 2 heterocycles. The first-order chi connectivity index (χ1) is 8.85. The monoisotopic (exact) mass is 256 g/mol. The summed E-state index contributed by atoms with van der Waals surface area (Å²) < 4.78 is 11.2. The van der Waals surface area contributed by atoms with Crippen molar-refractivity contribution in [2.45, 2.75) is 38.8 Å². The highest BCUT2D eigenvalue weighted by Gasteiger charge is 2.32. The van der Waals surface area contributed by atoms with Crippen LogP contribution in [0.2, 0.25) is 0 Å². The van der Waals surface area contributed by atoms with Crippen LogP contribution in [0.3, 0.4) is 0 Å². The van der Waals surface area contributed by atoms with Gasteiger partial charge in [-0.3, -0.25) is 4.90 Å². The van der Waals surface area contributed by atoms with Crippen LogP contribution in [-0.2, 0) is 9.47 Å². The van der Waals surface area contributed by atoms with Crippen LogP contribution in [0.4, 0.5) is 0 Å². The number of ether oxygens (including phenoxy) is 2. The van der Waals surface area contributed by atoms with E-state index in [1.165, 1.54) is 12.8 Å². The van der Waals surface area contributed by atoms with Gasteiger partial charge in [0.15, 0.2) is 0 Å². The molecule has 3 unspecified atom stereocenters. The maximum absolute atomic E-state index is 5.66. The average molecular weight is 256 g/mol. The predicted octanol–water partition coefficient (Wildman–Crippen LogP) is 1.11. The molecule has 2 aliphatic rings. The van der Waals surface area contributed by atoms with Gasteiger partial charge in [-0.05, 0) is 19.4 Å². The van der Waals surface area contributed by atoms with Gasteiger partial charge in [0.1, 0.15) is 0 Å². The minimum Gasteiger partial charge on any atom is -0.379 e. The van der Waals surface area contributed by atoms with E-state index in [2.05, 4.69) is 24.1 Å². The summed E-state index contributed by atoms with van der Waals surface area (Å²) in [6.07, 6.45) is 2.37. The SMILES string of the molecule is CCCNC1COCC1CN1CCOCC1CC. The van der Waals surface area contributed by atoms with Gasteiger partial charge in [0.25, 0.3) is 0 Å². The van der Waals surface area contributed by atoms with Gasteiger partial charge < -0.3 is 14.8 Å². The van der Waals surface area contributed by atoms with Crippen LogP contribution in [-0.4, -0.2) is 63.0 Å². The molecule has 2 fully saturated rings. The van der Waals surface area contributed by atoms with Gasteiger partial charge in [0, 0.05) is 31.1 Å². The van der Waals surface area contributed by atoms with Crippen LogP contribution in [0.5, 0.6) is 0 Å². The lowest BCUT2D eigenvalue weighted by Crippen LogP contribution is -2.50. The molecule has 3 atom stereocenters. The van der Waals surface area contributed by atoms with E-state index in [0.717, 1.165) is 46.1 Å². The number of rotatable bonds is 6. The molecule has 1 N–H and O–H groups in total. The van der Waals surface area contributed by atoms with E-state index in [4.69, 9.17) is 9.47 Å². The Bertz CT molecular complexity index is 238. The summed E-state index contributed by atoms with van der Waals surface area (Å²) in [7, 11) is 0. The van der Waals surface area contributed by atoms with Gasteiger partial charge in [-0.25, -0.2) is 0 Å². The molecule has 2 rings (SSSR count). The molecule has 0 bridgehead atoms. The molecule has 0 aromatic carbocycles. The first kappa shape index (κ1) is 14.3. The maximum atomic E-state index is 5.66. The molecule has 0 radical (unpaired) electrons. The second-order valence-corrected chi connectivity index (χ2v) is 5.49. The van der Waals surface area contributed by atoms with Crippen molar-refractivity contribution in [2.24, 2.45) is 5.92 Å². The van der Waals surface area contributed by atoms with Crippen molar-refractivity contribution in [1.29, 1.82) is 0 Å². The van der Waals surface area contributed by atoms with Crippen molar-refractivity contribution in [2.75, 3.05) is 46.1 Å². The highest BCUT2D eigenvalue weighted by molar-refractivity contribution is 4.86. The first-order valence-electron chi connectivity index (χ1n) is 7.48. The Morgan fingerprint density at radius 3 is 2.83 bits per heavy atom. The number of nitrogens with zero attached hydrogens (tertiary/aromatic N) is 1. The van der Waals surface area contributed by atoms with E-state index >= 15 is 0 Å². The predicted molar refractivity (Wildman–Crippen MR) is 72.9 cm³/mol. The summed E-state index contributed by atoms with van der Waals surface area (Å²) in [6, 6.07) is 1.15. The van der Waals surface area contributed by atoms with E-state index in [1.54, 1.807) is 0 Å². The number of hydrogen-bond donors (Lipinski definition) is 1. The Morgan fingerprint density at radius 1 is 1.17 bits per heavy atom. The van der Waals surface area contributed by atoms with E-state index < -0.39 is 0 Å². The topological polar surface area (TPSA) is 33.7 Å². The van der Waals surface area contributed by atoms with Gasteiger partial charge in [-0.2, -0.15) is 0 Å². The van der Waals surface area contributed by atoms with Crippen LogP contribution in [0, 0.1) is 5.92 Å². The molecule has 4 nitrogen and oxygen atoms in total. The van der Waals surface area contributed by atoms with Gasteiger partial charge in [0.05, 0.1) is 26.4 Å². The lowest BCUT2D eigenvalue weighted by atomic mass is 10.0. The van der Waals surface area contributed by atoms with E-state index in [9.17, 15) is 0 Å². The molecule has 0 amide bonds. The third-order valence-corrected chi connectivity index (χ3v) is 4.14. The molecule has 106 valence electrons. The summed E-state index contributed by atoms with van der Waals surface area (Å²) in [5.41, 5.74) is 0. The second kappa shape index (κ2) is 7.43. The summed E-state index contributed by atoms with van der Waals surface area (Å²) in [4.78, 5) is 2.60. The highest BCUT2D eigenvalue weighted by atomic mass is 16.5. The molecule has 0 aromatic rings. The summed E-state index contributed by atoms with van der Waals surface area (Å²) in [5, 5.41) is 3.62. The van der Waals surface area contributed by atoms with Gasteiger partial charge in [-0.1, -0.05) is 13.8 Å². The van der Waals surface area contributed by atoms with E-state index in [0.29, 0.717) is 18.0 Å². The molecular weight excluding hydrogens is 228 g/mol. The minimum absolute atomic E-state index is 0.547. The van der Waals surface area contributed by atoms with E-state index in [1.807, 2.05) is 0 Å². The molecule has 0 saturated carbocycles. The van der Waals surface area contributed by atoms with Crippen molar-refractivity contribution >= 4 is 0 Å². The third-order valence-electron chi connectivity index (χ3n) is 4.14. The Kier molecular flexibility index (Phi) is 5.89. The fraction of sp³-hybridized carbons (Fsp3) is 1.00. The second-order valence-electron chi connectivity index (χ2n) is 5.49. The van der Waals surface area contributed by atoms with Crippen LogP contribution in [0.1, 0.15) is 26.7 Å². The summed E-state index contributed by atoms with van der Waals surface area (Å²) in [5.74, 6) is 0.642. The lowest BCUT2D eigenvalue weighted by molar-refractivity contribution is -0.0169. The Labute approximate surface area is 111 Å². The Hall–Kier alpha value is -0.160. The Morgan fingerprint density at radius 2 is 2.06 bits per heavy atom. The van der Waals surface area contributed by atoms with Gasteiger partial charge in [-0.15, -0.1) is 0 Å². The third kappa shape index (κ3) is 3.67. The van der Waals surface area contributed by atoms with Gasteiger partial charge >= 0.3 is 0 Å². The zero-order valence-electron chi connectivity index (χ0n) is 11.9. The summed E-state index contributed by atoms with van der Waals surface area (Å²) in [6.45, 7) is 11.4. The molecule has 0 aromatic heterocycles. The van der Waals surface area contributed by atoms with E-state index in [-0.39, 0.29) is 0 Å². The standard InChI is InChI=1S/C14H28N2O2/c1-3-5-15-14-11-18-9-12(14)8-16-6-7-17-10-13(16)4-2/h12-15H,3-11H2,1-2H3. The normalized spacial score (nSPS) is 34.0. The van der Waals surface area contributed by atoms with Crippen molar-refractivity contribution < 1.29 is 9.47 Å². The largest absolute Gasteiger partial charge is 0.379 e. The minimum atomic E-state index is 0.547. The average Bonchev–Trinajstić information content (AvgIpc) is 2.84. The molecule has 4 heteroatoms. The Balaban J connectivity index is 1.82. The molecule has 18 heavy (non-hydrogen) atoms. The van der Waals surface area contributed by atoms with Crippen LogP contribution in [0.15, 0.2) is 0 Å². The van der Waals surface area contributed by atoms with Crippen LogP contribution in [0.25, 0.3) is 0 Å². The van der Waals surface area contributed by atoms with Crippen LogP contribution >= 0.6 is 0 Å². The van der Waals surface area contributed by atoms with Gasteiger partial charge in [0.2, 0.25) is 0 Å². The number of nitrogens with one attached hydrogen (secondary N) is 1. The maximum Gasteiger partial charge on any atom is 0.0623 e. The zero-order valence-corrected chi connectivity index (χ0v) is 11.9. The molecule has 2 aliphatic heterocycles. The molecule has 0 spiro atoms. The summed E-state index contributed by atoms with van der Waals surface area (Å²) >= 11 is 0. The van der Waals surface area contributed by atoms with Crippen molar-refractivity contribution in [3.8, 4) is 0 Å². The lowest BCUT2D eigenvalue weighted by Gasteiger charge is -2.37. The zero-order chi connectivity index (χ0) is 12.8. The molecular formula is C14H28N2O2.